The third-order valence-electron chi connectivity index (χ3n) is 2.48. The largest absolute Gasteiger partial charge is 0.492 e. The minimum atomic E-state index is -0.591. The van der Waals surface area contributed by atoms with Crippen molar-refractivity contribution in [1.82, 2.24) is 14.7 Å². The Hall–Kier alpha value is -1.89. The molecule has 0 fully saturated rings. The van der Waals surface area contributed by atoms with Gasteiger partial charge in [0.1, 0.15) is 0 Å². The summed E-state index contributed by atoms with van der Waals surface area (Å²) in [5.41, 5.74) is -0.149. The molecular weight excluding hydrogens is 254 g/mol. The first-order valence-corrected chi connectivity index (χ1v) is 6.42. The summed E-state index contributed by atoms with van der Waals surface area (Å²) in [5.74, 6) is -1.11. The van der Waals surface area contributed by atoms with Crippen molar-refractivity contribution in [2.45, 2.75) is 20.3 Å². The molecule has 7 heteroatoms. The first-order chi connectivity index (χ1) is 8.56. The predicted molar refractivity (Wildman–Crippen MR) is 68.4 cm³/mol. The Balaban J connectivity index is 2.60. The van der Waals surface area contributed by atoms with Gasteiger partial charge in [-0.25, -0.2) is 0 Å². The predicted octanol–water partition coefficient (Wildman–Crippen LogP) is 0.910. The number of hydrogen-bond acceptors (Lipinski definition) is 5. The number of aromatic hydroxyl groups is 1. The molecule has 6 nitrogen and oxygen atoms in total. The van der Waals surface area contributed by atoms with Gasteiger partial charge in [0, 0.05) is 17.6 Å². The summed E-state index contributed by atoms with van der Waals surface area (Å²) < 4.78 is 1.32. The minimum Gasteiger partial charge on any atom is -0.492 e. The van der Waals surface area contributed by atoms with E-state index in [1.165, 1.54) is 15.7 Å². The van der Waals surface area contributed by atoms with Crippen LogP contribution in [0, 0.1) is 6.92 Å². The van der Waals surface area contributed by atoms with E-state index in [1.54, 1.807) is 12.3 Å². The maximum absolute atomic E-state index is 12.1. The van der Waals surface area contributed by atoms with Crippen LogP contribution in [0.15, 0.2) is 10.2 Å². The molecule has 0 aliphatic heterocycles. The molecule has 0 saturated carbocycles. The zero-order chi connectivity index (χ0) is 13.3. The molecule has 0 unspecified atom stereocenters. The van der Waals surface area contributed by atoms with Gasteiger partial charge in [-0.05, 0) is 13.3 Å². The standard InChI is InChI=1S/C11H13N3O3S/c1-3-4-12-8(15)7-9(16)13-11-14(10(7)17)6(2)5-18-11/h5,16H,3-4H2,1-2H3,(H,12,15). The van der Waals surface area contributed by atoms with Crippen molar-refractivity contribution in [1.29, 1.82) is 0 Å². The van der Waals surface area contributed by atoms with Gasteiger partial charge in [0.05, 0.1) is 0 Å². The smallest absolute Gasteiger partial charge is 0.275 e. The molecule has 2 N–H and O–H groups in total. The second kappa shape index (κ2) is 4.77. The number of fused-ring (bicyclic) bond motifs is 1. The number of hydrogen-bond donors (Lipinski definition) is 2. The lowest BCUT2D eigenvalue weighted by Gasteiger charge is -2.05. The number of aryl methyl sites for hydroxylation is 1. The number of nitrogens with one attached hydrogen (secondary N) is 1. The van der Waals surface area contributed by atoms with Crippen molar-refractivity contribution in [2.75, 3.05) is 6.54 Å². The lowest BCUT2D eigenvalue weighted by molar-refractivity contribution is 0.0948. The van der Waals surface area contributed by atoms with E-state index in [2.05, 4.69) is 10.3 Å². The highest BCUT2D eigenvalue weighted by atomic mass is 32.1. The topological polar surface area (TPSA) is 83.7 Å². The van der Waals surface area contributed by atoms with Gasteiger partial charge < -0.3 is 10.4 Å². The number of carbonyl (C=O) groups is 1. The highest BCUT2D eigenvalue weighted by Gasteiger charge is 2.20. The van der Waals surface area contributed by atoms with Gasteiger partial charge in [-0.1, -0.05) is 6.92 Å². The van der Waals surface area contributed by atoms with E-state index in [0.29, 0.717) is 17.2 Å². The summed E-state index contributed by atoms with van der Waals surface area (Å²) in [6.07, 6.45) is 0.751. The second-order valence-electron chi connectivity index (χ2n) is 3.87. The minimum absolute atomic E-state index is 0.303. The van der Waals surface area contributed by atoms with Crippen LogP contribution in [0.4, 0.5) is 0 Å². The Bertz CT molecular complexity index is 659. The van der Waals surface area contributed by atoms with Crippen LogP contribution < -0.4 is 10.9 Å². The average Bonchev–Trinajstić information content (AvgIpc) is 2.68. The molecule has 0 radical (unpaired) electrons. The molecule has 0 spiro atoms. The van der Waals surface area contributed by atoms with Crippen molar-refractivity contribution < 1.29 is 9.90 Å². The molecule has 0 bridgehead atoms. The van der Waals surface area contributed by atoms with Gasteiger partial charge in [-0.2, -0.15) is 4.98 Å². The Kier molecular flexibility index (Phi) is 3.33. The Morgan fingerprint density at radius 2 is 2.33 bits per heavy atom. The SMILES string of the molecule is CCCNC(=O)c1c(O)nc2scc(C)n2c1=O. The van der Waals surface area contributed by atoms with Crippen molar-refractivity contribution in [3.05, 3.63) is 27.0 Å². The maximum atomic E-state index is 12.1. The normalized spacial score (nSPS) is 10.8. The van der Waals surface area contributed by atoms with Crippen LogP contribution in [0.5, 0.6) is 5.88 Å². The number of thiazole rings is 1. The van der Waals surface area contributed by atoms with Crippen LogP contribution >= 0.6 is 11.3 Å². The summed E-state index contributed by atoms with van der Waals surface area (Å²) in [5, 5.41) is 14.0. The average molecular weight is 267 g/mol. The van der Waals surface area contributed by atoms with E-state index in [1.807, 2.05) is 6.92 Å². The van der Waals surface area contributed by atoms with Crippen LogP contribution in [0.2, 0.25) is 0 Å². The first-order valence-electron chi connectivity index (χ1n) is 5.54. The van der Waals surface area contributed by atoms with Gasteiger partial charge in [-0.15, -0.1) is 11.3 Å². The molecule has 2 aromatic heterocycles. The molecule has 2 aromatic rings. The van der Waals surface area contributed by atoms with Crippen LogP contribution in [0.25, 0.3) is 4.96 Å². The third kappa shape index (κ3) is 1.97. The molecular formula is C11H13N3O3S. The highest BCUT2D eigenvalue weighted by molar-refractivity contribution is 7.15. The van der Waals surface area contributed by atoms with Crippen molar-refractivity contribution in [3.8, 4) is 5.88 Å². The summed E-state index contributed by atoms with van der Waals surface area (Å²) in [6, 6.07) is 0. The van der Waals surface area contributed by atoms with Gasteiger partial charge in [0.15, 0.2) is 10.5 Å². The van der Waals surface area contributed by atoms with E-state index in [4.69, 9.17) is 0 Å². The number of amides is 1. The van der Waals surface area contributed by atoms with Crippen LogP contribution in [-0.2, 0) is 0 Å². The Morgan fingerprint density at radius 1 is 1.61 bits per heavy atom. The van der Waals surface area contributed by atoms with Crippen LogP contribution in [-0.4, -0.2) is 26.9 Å². The van der Waals surface area contributed by atoms with Crippen LogP contribution in [0.1, 0.15) is 29.4 Å². The van der Waals surface area contributed by atoms with Crippen molar-refractivity contribution >= 4 is 22.2 Å². The fourth-order valence-electron chi connectivity index (χ4n) is 1.60. The lowest BCUT2D eigenvalue weighted by Crippen LogP contribution is -2.32. The lowest BCUT2D eigenvalue weighted by atomic mass is 10.3. The van der Waals surface area contributed by atoms with Gasteiger partial charge >= 0.3 is 0 Å². The molecule has 0 aromatic carbocycles. The zero-order valence-electron chi connectivity index (χ0n) is 10.1. The quantitative estimate of drug-likeness (QED) is 0.865. The molecule has 96 valence electrons. The second-order valence-corrected chi connectivity index (χ2v) is 4.70. The first kappa shape index (κ1) is 12.6. The van der Waals surface area contributed by atoms with E-state index < -0.39 is 17.3 Å². The highest BCUT2D eigenvalue weighted by Crippen LogP contribution is 2.17. The molecule has 1 amide bonds. The van der Waals surface area contributed by atoms with Gasteiger partial charge in [-0.3, -0.25) is 14.0 Å². The van der Waals surface area contributed by atoms with Crippen LogP contribution in [0.3, 0.4) is 0 Å². The van der Waals surface area contributed by atoms with E-state index >= 15 is 0 Å². The monoisotopic (exact) mass is 267 g/mol. The fourth-order valence-corrected chi connectivity index (χ4v) is 2.45. The van der Waals surface area contributed by atoms with E-state index in [9.17, 15) is 14.7 Å². The summed E-state index contributed by atoms with van der Waals surface area (Å²) in [7, 11) is 0. The summed E-state index contributed by atoms with van der Waals surface area (Å²) >= 11 is 1.24. The van der Waals surface area contributed by atoms with E-state index in [-0.39, 0.29) is 5.56 Å². The number of carbonyl (C=O) groups excluding carboxylic acids is 1. The summed E-state index contributed by atoms with van der Waals surface area (Å²) in [4.78, 5) is 28.2. The Morgan fingerprint density at radius 3 is 3.00 bits per heavy atom. The number of rotatable bonds is 3. The van der Waals surface area contributed by atoms with Gasteiger partial charge in [0.2, 0.25) is 5.88 Å². The molecule has 2 rings (SSSR count). The van der Waals surface area contributed by atoms with Crippen molar-refractivity contribution in [2.24, 2.45) is 0 Å². The molecule has 0 saturated heterocycles. The molecule has 0 aliphatic rings. The molecule has 0 atom stereocenters. The third-order valence-corrected chi connectivity index (χ3v) is 3.43. The molecule has 18 heavy (non-hydrogen) atoms. The summed E-state index contributed by atoms with van der Waals surface area (Å²) in [6.45, 7) is 4.10. The zero-order valence-corrected chi connectivity index (χ0v) is 10.9. The van der Waals surface area contributed by atoms with Gasteiger partial charge in [0.25, 0.3) is 11.5 Å². The van der Waals surface area contributed by atoms with E-state index in [0.717, 1.165) is 6.42 Å². The maximum Gasteiger partial charge on any atom is 0.275 e. The number of nitrogens with zero attached hydrogens (tertiary/aromatic N) is 2. The number of aromatic nitrogens is 2. The molecule has 0 aliphatic carbocycles. The van der Waals surface area contributed by atoms with Crippen molar-refractivity contribution in [3.63, 3.8) is 0 Å². The fraction of sp³-hybridized carbons (Fsp3) is 0.364. The molecule has 2 heterocycles. The Labute approximate surface area is 107 Å².